The van der Waals surface area contributed by atoms with E-state index in [1.165, 1.54) is 5.39 Å². The molecular weight excluding hydrogens is 276 g/mol. The van der Waals surface area contributed by atoms with Gasteiger partial charge in [0.25, 0.3) is 0 Å². The molecule has 3 aromatic rings. The van der Waals surface area contributed by atoms with E-state index in [4.69, 9.17) is 0 Å². The number of nitrogens with one attached hydrogen (secondary N) is 3. The topological polar surface area (TPSA) is 73.6 Å². The van der Waals surface area contributed by atoms with Crippen molar-refractivity contribution < 1.29 is 4.79 Å². The van der Waals surface area contributed by atoms with Crippen LogP contribution in [-0.2, 0) is 11.2 Å². The zero-order chi connectivity index (χ0) is 15.5. The Hall–Kier alpha value is -2.56. The number of carbonyl (C=O) groups is 1. The van der Waals surface area contributed by atoms with E-state index in [0.717, 1.165) is 16.8 Å². The van der Waals surface area contributed by atoms with Gasteiger partial charge in [-0.1, -0.05) is 32.0 Å². The van der Waals surface area contributed by atoms with Crippen molar-refractivity contribution in [2.75, 3.05) is 5.32 Å². The third kappa shape index (κ3) is 3.03. The third-order valence-electron chi connectivity index (χ3n) is 3.78. The first kappa shape index (κ1) is 14.4. The number of H-pyrrole nitrogens is 2. The van der Waals surface area contributed by atoms with Crippen molar-refractivity contribution in [1.29, 1.82) is 0 Å². The zero-order valence-electron chi connectivity index (χ0n) is 12.8. The molecule has 0 atom stereocenters. The van der Waals surface area contributed by atoms with Crippen molar-refractivity contribution in [3.63, 3.8) is 0 Å². The lowest BCUT2D eigenvalue weighted by Crippen LogP contribution is -2.12. The van der Waals surface area contributed by atoms with Crippen molar-refractivity contribution in [1.82, 2.24) is 15.2 Å². The number of aromatic amines is 2. The van der Waals surface area contributed by atoms with Crippen LogP contribution in [0.1, 0.15) is 37.4 Å². The molecule has 3 N–H and O–H groups in total. The summed E-state index contributed by atoms with van der Waals surface area (Å²) in [6.45, 7) is 4.16. The molecule has 22 heavy (non-hydrogen) atoms. The number of amides is 1. The van der Waals surface area contributed by atoms with E-state index in [1.807, 2.05) is 30.5 Å². The summed E-state index contributed by atoms with van der Waals surface area (Å²) in [7, 11) is 0. The average Bonchev–Trinajstić information content (AvgIpc) is 3.12. The van der Waals surface area contributed by atoms with E-state index in [9.17, 15) is 4.79 Å². The molecular formula is C17H20N4O. The summed E-state index contributed by atoms with van der Waals surface area (Å²) >= 11 is 0. The maximum atomic E-state index is 12.0. The number of hydrogen-bond acceptors (Lipinski definition) is 2. The normalized spacial score (nSPS) is 11.2. The highest BCUT2D eigenvalue weighted by molar-refractivity contribution is 5.90. The van der Waals surface area contributed by atoms with Gasteiger partial charge in [-0.3, -0.25) is 9.89 Å². The number of fused-ring (bicyclic) bond motifs is 1. The molecule has 3 rings (SSSR count). The fourth-order valence-electron chi connectivity index (χ4n) is 2.49. The number of rotatable bonds is 5. The lowest BCUT2D eigenvalue weighted by atomic mass is 10.1. The first-order valence-corrected chi connectivity index (χ1v) is 7.53. The molecule has 0 fully saturated rings. The number of anilines is 1. The van der Waals surface area contributed by atoms with Crippen LogP contribution in [0, 0.1) is 0 Å². The standard InChI is InChI=1S/C17H20N4O/c1-11(2)15-9-16(21-20-15)19-17(22)8-7-12-10-18-14-6-4-3-5-13(12)14/h3-6,9-11,18H,7-8H2,1-2H3,(H2,19,20,21,22). The Morgan fingerprint density at radius 1 is 1.32 bits per heavy atom. The van der Waals surface area contributed by atoms with Crippen molar-refractivity contribution in [2.45, 2.75) is 32.6 Å². The fraction of sp³-hybridized carbons (Fsp3) is 0.294. The molecule has 0 spiro atoms. The average molecular weight is 296 g/mol. The summed E-state index contributed by atoms with van der Waals surface area (Å²) < 4.78 is 0. The quantitative estimate of drug-likeness (QED) is 0.673. The highest BCUT2D eigenvalue weighted by Gasteiger charge is 2.10. The maximum Gasteiger partial charge on any atom is 0.225 e. The van der Waals surface area contributed by atoms with Gasteiger partial charge in [-0.25, -0.2) is 0 Å². The molecule has 0 aliphatic rings. The highest BCUT2D eigenvalue weighted by Crippen LogP contribution is 2.19. The molecule has 0 radical (unpaired) electrons. The van der Waals surface area contributed by atoms with E-state index < -0.39 is 0 Å². The molecule has 2 aromatic heterocycles. The van der Waals surface area contributed by atoms with Crippen LogP contribution in [0.15, 0.2) is 36.5 Å². The van der Waals surface area contributed by atoms with Gasteiger partial charge in [-0.2, -0.15) is 5.10 Å². The van der Waals surface area contributed by atoms with Crippen molar-refractivity contribution in [3.05, 3.63) is 47.8 Å². The Kier molecular flexibility index (Phi) is 3.96. The summed E-state index contributed by atoms with van der Waals surface area (Å²) in [6, 6.07) is 10.0. The SMILES string of the molecule is CC(C)c1cc(NC(=O)CCc2c[nH]c3ccccc23)n[nH]1. The minimum atomic E-state index is -0.0212. The molecule has 5 nitrogen and oxygen atoms in total. The van der Waals surface area contributed by atoms with Crippen LogP contribution in [-0.4, -0.2) is 21.1 Å². The zero-order valence-corrected chi connectivity index (χ0v) is 12.8. The van der Waals surface area contributed by atoms with Gasteiger partial charge >= 0.3 is 0 Å². The number of benzene rings is 1. The van der Waals surface area contributed by atoms with Crippen LogP contribution in [0.25, 0.3) is 10.9 Å². The Bertz CT molecular complexity index is 785. The molecule has 1 amide bonds. The number of carbonyl (C=O) groups excluding carboxylic acids is 1. The molecule has 0 aliphatic carbocycles. The van der Waals surface area contributed by atoms with Crippen LogP contribution in [0.2, 0.25) is 0 Å². The maximum absolute atomic E-state index is 12.0. The van der Waals surface area contributed by atoms with Gasteiger partial charge in [0.05, 0.1) is 0 Å². The molecule has 0 bridgehead atoms. The molecule has 0 saturated carbocycles. The van der Waals surface area contributed by atoms with Crippen LogP contribution < -0.4 is 5.32 Å². The van der Waals surface area contributed by atoms with Gasteiger partial charge < -0.3 is 10.3 Å². The molecule has 5 heteroatoms. The second kappa shape index (κ2) is 6.05. The Morgan fingerprint density at radius 2 is 2.14 bits per heavy atom. The van der Waals surface area contributed by atoms with Crippen LogP contribution >= 0.6 is 0 Å². The largest absolute Gasteiger partial charge is 0.361 e. The smallest absolute Gasteiger partial charge is 0.225 e. The minimum absolute atomic E-state index is 0.0212. The van der Waals surface area contributed by atoms with Crippen LogP contribution in [0.4, 0.5) is 5.82 Å². The number of nitrogens with zero attached hydrogens (tertiary/aromatic N) is 1. The number of aryl methyl sites for hydroxylation is 1. The van der Waals surface area contributed by atoms with Gasteiger partial charge in [0.1, 0.15) is 0 Å². The molecule has 0 saturated heterocycles. The Labute approximate surface area is 129 Å². The summed E-state index contributed by atoms with van der Waals surface area (Å²) in [4.78, 5) is 15.3. The third-order valence-corrected chi connectivity index (χ3v) is 3.78. The van der Waals surface area contributed by atoms with E-state index in [1.54, 1.807) is 0 Å². The first-order chi connectivity index (χ1) is 10.6. The Balaban J connectivity index is 1.60. The summed E-state index contributed by atoms with van der Waals surface area (Å²) in [5, 5.41) is 11.1. The van der Waals surface area contributed by atoms with Crippen LogP contribution in [0.5, 0.6) is 0 Å². The predicted octanol–water partition coefficient (Wildman–Crippen LogP) is 3.59. The van der Waals surface area contributed by atoms with Crippen molar-refractivity contribution in [2.24, 2.45) is 0 Å². The molecule has 0 unspecified atom stereocenters. The van der Waals surface area contributed by atoms with E-state index in [2.05, 4.69) is 40.4 Å². The molecule has 114 valence electrons. The second-order valence-electron chi connectivity index (χ2n) is 5.77. The second-order valence-corrected chi connectivity index (χ2v) is 5.77. The predicted molar refractivity (Wildman–Crippen MR) is 87.9 cm³/mol. The summed E-state index contributed by atoms with van der Waals surface area (Å²) in [5.41, 5.74) is 3.29. The van der Waals surface area contributed by atoms with Crippen LogP contribution in [0.3, 0.4) is 0 Å². The van der Waals surface area contributed by atoms with Gasteiger partial charge in [-0.15, -0.1) is 0 Å². The van der Waals surface area contributed by atoms with Crippen molar-refractivity contribution >= 4 is 22.6 Å². The molecule has 0 aliphatic heterocycles. The first-order valence-electron chi connectivity index (χ1n) is 7.53. The van der Waals surface area contributed by atoms with Gasteiger partial charge in [0, 0.05) is 35.3 Å². The summed E-state index contributed by atoms with van der Waals surface area (Å²) in [6.07, 6.45) is 3.12. The summed E-state index contributed by atoms with van der Waals surface area (Å²) in [5.74, 6) is 0.934. The van der Waals surface area contributed by atoms with Gasteiger partial charge in [-0.05, 0) is 24.0 Å². The van der Waals surface area contributed by atoms with E-state index >= 15 is 0 Å². The fourth-order valence-corrected chi connectivity index (χ4v) is 2.49. The minimum Gasteiger partial charge on any atom is -0.361 e. The van der Waals surface area contributed by atoms with Crippen molar-refractivity contribution in [3.8, 4) is 0 Å². The number of hydrogen-bond donors (Lipinski definition) is 3. The lowest BCUT2D eigenvalue weighted by molar-refractivity contribution is -0.116. The lowest BCUT2D eigenvalue weighted by Gasteiger charge is -2.01. The number of aromatic nitrogens is 3. The van der Waals surface area contributed by atoms with E-state index in [0.29, 0.717) is 24.6 Å². The van der Waals surface area contributed by atoms with Gasteiger partial charge in [0.15, 0.2) is 5.82 Å². The monoisotopic (exact) mass is 296 g/mol. The van der Waals surface area contributed by atoms with E-state index in [-0.39, 0.29) is 5.91 Å². The number of para-hydroxylation sites is 1. The highest BCUT2D eigenvalue weighted by atomic mass is 16.1. The molecule has 1 aromatic carbocycles. The molecule has 2 heterocycles. The van der Waals surface area contributed by atoms with Gasteiger partial charge in [0.2, 0.25) is 5.91 Å². The Morgan fingerprint density at radius 3 is 2.91 bits per heavy atom.